The third-order valence-corrected chi connectivity index (χ3v) is 2.58. The number of aromatic carboxylic acids is 1. The molecule has 0 saturated heterocycles. The van der Waals surface area contributed by atoms with Gasteiger partial charge in [0.05, 0.1) is 13.2 Å². The number of rotatable bonds is 7. The number of furan rings is 1. The lowest BCUT2D eigenvalue weighted by Gasteiger charge is -2.19. The Bertz CT molecular complexity index is 511. The van der Waals surface area contributed by atoms with Crippen molar-refractivity contribution in [1.82, 2.24) is 10.2 Å². The summed E-state index contributed by atoms with van der Waals surface area (Å²) in [6, 6.07) is 2.31. The van der Waals surface area contributed by atoms with E-state index in [0.717, 1.165) is 0 Å². The Hall–Kier alpha value is -2.51. The summed E-state index contributed by atoms with van der Waals surface area (Å²) in [7, 11) is 0. The lowest BCUT2D eigenvalue weighted by molar-refractivity contribution is -0.143. The van der Waals surface area contributed by atoms with Crippen molar-refractivity contribution in [3.8, 4) is 0 Å². The van der Waals surface area contributed by atoms with E-state index in [9.17, 15) is 14.4 Å². The van der Waals surface area contributed by atoms with Crippen molar-refractivity contribution in [1.29, 1.82) is 0 Å². The maximum Gasteiger partial charge on any atom is 0.371 e. The molecule has 8 nitrogen and oxygen atoms in total. The fourth-order valence-corrected chi connectivity index (χ4v) is 1.55. The summed E-state index contributed by atoms with van der Waals surface area (Å²) in [4.78, 5) is 35.1. The van der Waals surface area contributed by atoms with Crippen LogP contribution in [0, 0.1) is 0 Å². The summed E-state index contributed by atoms with van der Waals surface area (Å²) in [5.41, 5.74) is 0. The number of hydrogen-bond donors (Lipinski definition) is 2. The minimum Gasteiger partial charge on any atom is -0.475 e. The van der Waals surface area contributed by atoms with Crippen LogP contribution in [0.4, 0.5) is 4.79 Å². The highest BCUT2D eigenvalue weighted by Crippen LogP contribution is 2.07. The van der Waals surface area contributed by atoms with Gasteiger partial charge in [0.1, 0.15) is 12.3 Å². The van der Waals surface area contributed by atoms with E-state index in [1.807, 2.05) is 0 Å². The van der Waals surface area contributed by atoms with Crippen molar-refractivity contribution in [3.05, 3.63) is 23.7 Å². The highest BCUT2D eigenvalue weighted by atomic mass is 16.5. The second-order valence-electron chi connectivity index (χ2n) is 4.05. The van der Waals surface area contributed by atoms with Crippen LogP contribution < -0.4 is 5.32 Å². The number of nitrogens with one attached hydrogen (secondary N) is 1. The van der Waals surface area contributed by atoms with E-state index in [2.05, 4.69) is 5.32 Å². The van der Waals surface area contributed by atoms with Gasteiger partial charge in [0, 0.05) is 6.54 Å². The van der Waals surface area contributed by atoms with Gasteiger partial charge in [-0.25, -0.2) is 9.59 Å². The van der Waals surface area contributed by atoms with Crippen LogP contribution in [0.3, 0.4) is 0 Å². The van der Waals surface area contributed by atoms with Crippen LogP contribution >= 0.6 is 0 Å². The van der Waals surface area contributed by atoms with Gasteiger partial charge >= 0.3 is 18.0 Å². The molecular formula is C13H18N2O6. The first-order chi connectivity index (χ1) is 9.97. The number of carbonyl (C=O) groups is 3. The summed E-state index contributed by atoms with van der Waals surface area (Å²) in [6.07, 6.45) is 0. The number of esters is 1. The van der Waals surface area contributed by atoms with Gasteiger partial charge in [-0.2, -0.15) is 0 Å². The van der Waals surface area contributed by atoms with Crippen molar-refractivity contribution >= 4 is 18.0 Å². The lowest BCUT2D eigenvalue weighted by Crippen LogP contribution is -2.42. The third-order valence-electron chi connectivity index (χ3n) is 2.58. The fraction of sp³-hybridized carbons (Fsp3) is 0.462. The van der Waals surface area contributed by atoms with Gasteiger partial charge in [-0.05, 0) is 26.0 Å². The topological polar surface area (TPSA) is 109 Å². The van der Waals surface area contributed by atoms with Crippen LogP contribution in [0.2, 0.25) is 0 Å². The molecule has 0 aliphatic heterocycles. The smallest absolute Gasteiger partial charge is 0.371 e. The molecule has 0 unspecified atom stereocenters. The summed E-state index contributed by atoms with van der Waals surface area (Å²) in [6.45, 7) is 3.89. The standard InChI is InChI=1S/C13H18N2O6/c1-3-15(8-11(16)20-4-2)13(19)14-7-9-5-6-10(21-9)12(17)18/h5-6H,3-4,7-8H2,1-2H3,(H,14,19)(H,17,18). The Labute approximate surface area is 121 Å². The number of carboxylic acids is 1. The highest BCUT2D eigenvalue weighted by Gasteiger charge is 2.16. The van der Waals surface area contributed by atoms with Crippen molar-refractivity contribution in [2.45, 2.75) is 20.4 Å². The van der Waals surface area contributed by atoms with Crippen LogP contribution in [0.1, 0.15) is 30.2 Å². The Kier molecular flexibility index (Phi) is 6.25. The van der Waals surface area contributed by atoms with Crippen molar-refractivity contribution in [2.24, 2.45) is 0 Å². The summed E-state index contributed by atoms with van der Waals surface area (Å²) in [5.74, 6) is -1.54. The van der Waals surface area contributed by atoms with Crippen LogP contribution in [0.15, 0.2) is 16.5 Å². The molecule has 0 atom stereocenters. The predicted octanol–water partition coefficient (Wildman–Crippen LogP) is 1.07. The molecule has 0 saturated carbocycles. The van der Waals surface area contributed by atoms with Gasteiger partial charge in [-0.15, -0.1) is 0 Å². The number of carboxylic acid groups (broad SMARTS) is 1. The number of hydrogen-bond acceptors (Lipinski definition) is 5. The minimum atomic E-state index is -1.18. The normalized spacial score (nSPS) is 10.0. The number of ether oxygens (including phenoxy) is 1. The van der Waals surface area contributed by atoms with Crippen LogP contribution in [0.5, 0.6) is 0 Å². The average molecular weight is 298 g/mol. The predicted molar refractivity (Wildman–Crippen MR) is 71.8 cm³/mol. The maximum absolute atomic E-state index is 11.9. The molecule has 1 aromatic rings. The molecule has 116 valence electrons. The third kappa shape index (κ3) is 5.17. The molecule has 8 heteroatoms. The zero-order valence-electron chi connectivity index (χ0n) is 11.9. The highest BCUT2D eigenvalue weighted by molar-refractivity contribution is 5.84. The van der Waals surface area contributed by atoms with Gasteiger partial charge in [-0.1, -0.05) is 0 Å². The molecule has 1 rings (SSSR count). The van der Waals surface area contributed by atoms with Gasteiger partial charge in [0.2, 0.25) is 5.76 Å². The maximum atomic E-state index is 11.9. The number of likely N-dealkylation sites (N-methyl/N-ethyl adjacent to an activating group) is 1. The van der Waals surface area contributed by atoms with Gasteiger partial charge in [0.25, 0.3) is 0 Å². The number of carbonyl (C=O) groups excluding carboxylic acids is 2. The average Bonchev–Trinajstić information content (AvgIpc) is 2.91. The van der Waals surface area contributed by atoms with E-state index in [-0.39, 0.29) is 25.5 Å². The molecule has 1 heterocycles. The van der Waals surface area contributed by atoms with Gasteiger partial charge in [-0.3, -0.25) is 4.79 Å². The van der Waals surface area contributed by atoms with Crippen molar-refractivity contribution in [3.63, 3.8) is 0 Å². The Morgan fingerprint density at radius 1 is 1.33 bits per heavy atom. The number of amides is 2. The Morgan fingerprint density at radius 2 is 2.05 bits per heavy atom. The minimum absolute atomic E-state index is 0.0332. The summed E-state index contributed by atoms with van der Waals surface area (Å²) in [5, 5.41) is 11.3. The van der Waals surface area contributed by atoms with Gasteiger partial charge in [0.15, 0.2) is 0 Å². The van der Waals surface area contributed by atoms with Crippen LogP contribution in [-0.4, -0.2) is 47.7 Å². The lowest BCUT2D eigenvalue weighted by atomic mass is 10.4. The fourth-order valence-electron chi connectivity index (χ4n) is 1.55. The van der Waals surface area contributed by atoms with E-state index in [1.54, 1.807) is 13.8 Å². The van der Waals surface area contributed by atoms with E-state index < -0.39 is 18.0 Å². The Balaban J connectivity index is 2.49. The molecular weight excluding hydrogens is 280 g/mol. The largest absolute Gasteiger partial charge is 0.475 e. The first-order valence-corrected chi connectivity index (χ1v) is 6.48. The monoisotopic (exact) mass is 298 g/mol. The molecule has 2 amide bonds. The molecule has 0 spiro atoms. The first kappa shape index (κ1) is 16.5. The van der Waals surface area contributed by atoms with Crippen molar-refractivity contribution < 1.29 is 28.6 Å². The van der Waals surface area contributed by atoms with E-state index in [4.69, 9.17) is 14.3 Å². The summed E-state index contributed by atoms with van der Waals surface area (Å²) >= 11 is 0. The molecule has 0 aromatic carbocycles. The van der Waals surface area contributed by atoms with E-state index >= 15 is 0 Å². The molecule has 0 aliphatic rings. The zero-order chi connectivity index (χ0) is 15.8. The van der Waals surface area contributed by atoms with Crippen LogP contribution in [0.25, 0.3) is 0 Å². The molecule has 2 N–H and O–H groups in total. The SMILES string of the molecule is CCOC(=O)CN(CC)C(=O)NCc1ccc(C(=O)O)o1. The molecule has 21 heavy (non-hydrogen) atoms. The van der Waals surface area contributed by atoms with Crippen LogP contribution in [-0.2, 0) is 16.1 Å². The molecule has 0 aliphatic carbocycles. The van der Waals surface area contributed by atoms with E-state index in [0.29, 0.717) is 12.3 Å². The second kappa shape index (κ2) is 7.93. The number of urea groups is 1. The number of nitrogens with zero attached hydrogens (tertiary/aromatic N) is 1. The first-order valence-electron chi connectivity index (χ1n) is 6.48. The molecule has 1 aromatic heterocycles. The summed E-state index contributed by atoms with van der Waals surface area (Å²) < 4.78 is 9.78. The Morgan fingerprint density at radius 3 is 2.57 bits per heavy atom. The van der Waals surface area contributed by atoms with E-state index in [1.165, 1.54) is 17.0 Å². The second-order valence-corrected chi connectivity index (χ2v) is 4.05. The van der Waals surface area contributed by atoms with Gasteiger partial charge < -0.3 is 24.5 Å². The molecule has 0 fully saturated rings. The quantitative estimate of drug-likeness (QED) is 0.729. The van der Waals surface area contributed by atoms with Crippen molar-refractivity contribution in [2.75, 3.05) is 19.7 Å². The molecule has 0 bridgehead atoms. The zero-order valence-corrected chi connectivity index (χ0v) is 11.9. The molecule has 0 radical (unpaired) electrons.